The van der Waals surface area contributed by atoms with Crippen molar-refractivity contribution in [1.82, 2.24) is 25.5 Å². The van der Waals surface area contributed by atoms with Gasteiger partial charge in [-0.25, -0.2) is 14.8 Å². The highest BCUT2D eigenvalue weighted by molar-refractivity contribution is 5.89. The molecule has 3 aliphatic heterocycles. The van der Waals surface area contributed by atoms with Crippen LogP contribution < -0.4 is 15.5 Å². The van der Waals surface area contributed by atoms with Gasteiger partial charge >= 0.3 is 12.0 Å². The van der Waals surface area contributed by atoms with Gasteiger partial charge in [-0.2, -0.15) is 0 Å². The molecule has 68 heavy (non-hydrogen) atoms. The number of anilines is 1. The highest BCUT2D eigenvalue weighted by Gasteiger charge is 2.58. The second kappa shape index (κ2) is 22.8. The fourth-order valence-corrected chi connectivity index (χ4v) is 10.7. The van der Waals surface area contributed by atoms with Crippen molar-refractivity contribution in [3.63, 3.8) is 0 Å². The van der Waals surface area contributed by atoms with Crippen LogP contribution in [-0.2, 0) is 33.2 Å². The fraction of sp³-hybridized carbons (Fsp3) is 0.878. The Balaban J connectivity index is 1.52. The number of urea groups is 1. The molecule has 18 atom stereocenters. The number of rotatable bonds is 13. The topological polar surface area (TPSA) is 247 Å². The predicted molar refractivity (Wildman–Crippen MR) is 254 cm³/mol. The van der Waals surface area contributed by atoms with Crippen molar-refractivity contribution in [3.8, 4) is 0 Å². The van der Waals surface area contributed by atoms with Crippen molar-refractivity contribution in [2.24, 2.45) is 17.8 Å². The Morgan fingerprint density at radius 2 is 1.62 bits per heavy atom. The molecule has 0 aromatic carbocycles. The number of nitrogens with zero attached hydrogens (tertiary/aromatic N) is 4. The number of aromatic nitrogens is 2. The lowest BCUT2D eigenvalue weighted by Crippen LogP contribution is -2.70. The minimum absolute atomic E-state index is 0.0400. The number of nitrogens with one attached hydrogen (secondary N) is 2. The molecular weight excluding hydrogens is 881 g/mol. The van der Waals surface area contributed by atoms with Gasteiger partial charge in [0.2, 0.25) is 5.95 Å². The summed E-state index contributed by atoms with van der Waals surface area (Å²) in [6.07, 6.45) is -2.92. The van der Waals surface area contributed by atoms with Crippen molar-refractivity contribution >= 4 is 17.9 Å². The summed E-state index contributed by atoms with van der Waals surface area (Å²) < 4.78 is 38.7. The molecule has 1 aromatic rings. The highest BCUT2D eigenvalue weighted by atomic mass is 16.7. The van der Waals surface area contributed by atoms with Crippen LogP contribution >= 0.6 is 0 Å². The first-order valence-electron chi connectivity index (χ1n) is 24.9. The number of aliphatic hydroxyl groups excluding tert-OH is 2. The molecule has 1 aromatic heterocycles. The van der Waals surface area contributed by atoms with Gasteiger partial charge in [-0.1, -0.05) is 27.7 Å². The minimum Gasteiger partial charge on any atom is -0.459 e. The van der Waals surface area contributed by atoms with Gasteiger partial charge in [0, 0.05) is 58.5 Å². The SMILES string of the molecule is CCCNC[C@]1(O)[C@H](C)O[C@@H](O[C@H]2[C@H](C)[C@@H](O[C@@H]3O[C@H](C)C[C@H](N(C)C(=O)N(C)c4ncc(C5CC5)cn4)[C@H]3O)[C@](C)(O)C[C@@H](C)CN[C@H](C)[C@@H](O)[C@](C)(O)[C@@H](CC)OC(=O)[C@@H]2C)C[C@@]1(C)OC. The van der Waals surface area contributed by atoms with Crippen LogP contribution in [0, 0.1) is 17.8 Å². The molecule has 7 N–H and O–H groups in total. The number of carbonyl (C=O) groups is 2. The Morgan fingerprint density at radius 3 is 2.21 bits per heavy atom. The summed E-state index contributed by atoms with van der Waals surface area (Å²) in [5.74, 6) is -2.35. The third kappa shape index (κ3) is 12.3. The minimum atomic E-state index is -1.86. The van der Waals surface area contributed by atoms with Crippen LogP contribution in [0.5, 0.6) is 0 Å². The van der Waals surface area contributed by atoms with E-state index in [1.807, 2.05) is 20.8 Å². The van der Waals surface area contributed by atoms with Gasteiger partial charge in [-0.15, -0.1) is 0 Å². The van der Waals surface area contributed by atoms with Crippen molar-refractivity contribution in [3.05, 3.63) is 18.0 Å². The van der Waals surface area contributed by atoms with E-state index in [1.165, 1.54) is 23.8 Å². The van der Waals surface area contributed by atoms with E-state index in [0.29, 0.717) is 19.0 Å². The average molecular weight is 967 g/mol. The van der Waals surface area contributed by atoms with Gasteiger partial charge in [-0.05, 0) is 117 Å². The monoisotopic (exact) mass is 967 g/mol. The normalized spacial score (nSPS) is 42.4. The number of aliphatic hydroxyl groups is 5. The fourth-order valence-electron chi connectivity index (χ4n) is 10.7. The second-order valence-corrected chi connectivity index (χ2v) is 21.3. The van der Waals surface area contributed by atoms with E-state index in [-0.39, 0.29) is 44.1 Å². The molecule has 19 heteroatoms. The lowest BCUT2D eigenvalue weighted by Gasteiger charge is -2.53. The van der Waals surface area contributed by atoms with Crippen LogP contribution in [0.2, 0.25) is 0 Å². The molecule has 390 valence electrons. The zero-order valence-corrected chi connectivity index (χ0v) is 43.2. The molecule has 1 aliphatic carbocycles. The van der Waals surface area contributed by atoms with Gasteiger partial charge < -0.3 is 69.5 Å². The maximum Gasteiger partial charge on any atom is 0.326 e. The summed E-state index contributed by atoms with van der Waals surface area (Å²) in [7, 11) is 4.68. The second-order valence-electron chi connectivity index (χ2n) is 21.3. The maximum absolute atomic E-state index is 14.5. The largest absolute Gasteiger partial charge is 0.459 e. The molecule has 19 nitrogen and oxygen atoms in total. The van der Waals surface area contributed by atoms with Crippen molar-refractivity contribution < 1.29 is 63.5 Å². The van der Waals surface area contributed by atoms with E-state index in [2.05, 4.69) is 20.6 Å². The molecule has 0 radical (unpaired) electrons. The number of hydrogen-bond donors (Lipinski definition) is 7. The molecular formula is C49H86N6O13. The lowest BCUT2D eigenvalue weighted by molar-refractivity contribution is -0.336. The summed E-state index contributed by atoms with van der Waals surface area (Å²) in [5.41, 5.74) is -5.21. The average Bonchev–Trinajstić information content (AvgIpc) is 4.15. The smallest absolute Gasteiger partial charge is 0.326 e. The quantitative estimate of drug-likeness (QED) is 0.111. The number of cyclic esters (lactones) is 1. The maximum atomic E-state index is 14.5. The molecule has 4 fully saturated rings. The highest BCUT2D eigenvalue weighted by Crippen LogP contribution is 2.44. The molecule has 4 aliphatic rings. The molecule has 2 amide bonds. The number of esters is 1. The Morgan fingerprint density at radius 1 is 0.971 bits per heavy atom. The van der Waals surface area contributed by atoms with Crippen LogP contribution in [-0.4, -0.2) is 183 Å². The van der Waals surface area contributed by atoms with Gasteiger partial charge in [0.1, 0.15) is 35.1 Å². The first-order chi connectivity index (χ1) is 31.8. The van der Waals surface area contributed by atoms with Crippen LogP contribution in [0.4, 0.5) is 10.7 Å². The van der Waals surface area contributed by atoms with E-state index < -0.39 is 114 Å². The molecule has 0 spiro atoms. The van der Waals surface area contributed by atoms with Gasteiger partial charge in [-0.3, -0.25) is 9.69 Å². The number of ether oxygens (including phenoxy) is 6. The summed E-state index contributed by atoms with van der Waals surface area (Å²) in [6.45, 7) is 20.4. The van der Waals surface area contributed by atoms with Crippen molar-refractivity contribution in [2.75, 3.05) is 45.7 Å². The third-order valence-corrected chi connectivity index (χ3v) is 15.4. The van der Waals surface area contributed by atoms with E-state index in [9.17, 15) is 35.1 Å². The van der Waals surface area contributed by atoms with Gasteiger partial charge in [0.15, 0.2) is 12.6 Å². The molecule has 0 unspecified atom stereocenters. The Kier molecular flexibility index (Phi) is 18.9. The van der Waals surface area contributed by atoms with Crippen molar-refractivity contribution in [1.29, 1.82) is 0 Å². The zero-order valence-electron chi connectivity index (χ0n) is 43.2. The number of carbonyl (C=O) groups excluding carboxylic acids is 2. The first-order valence-corrected chi connectivity index (χ1v) is 24.9. The molecule has 5 rings (SSSR count). The van der Waals surface area contributed by atoms with E-state index >= 15 is 0 Å². The summed E-state index contributed by atoms with van der Waals surface area (Å²) in [5, 5.41) is 67.0. The first kappa shape index (κ1) is 56.3. The number of amides is 2. The Bertz CT molecular complexity index is 1790. The number of likely N-dealkylation sites (N-methyl/N-ethyl adjacent to an activating group) is 1. The van der Waals surface area contributed by atoms with Crippen LogP contribution in [0.25, 0.3) is 0 Å². The van der Waals surface area contributed by atoms with Crippen LogP contribution in [0.1, 0.15) is 133 Å². The molecule has 0 bridgehead atoms. The molecule has 4 heterocycles. The predicted octanol–water partition coefficient (Wildman–Crippen LogP) is 3.22. The molecule has 3 saturated heterocycles. The number of hydrogen-bond acceptors (Lipinski definition) is 17. The van der Waals surface area contributed by atoms with Gasteiger partial charge in [0.05, 0.1) is 42.0 Å². The third-order valence-electron chi connectivity index (χ3n) is 15.4. The lowest BCUT2D eigenvalue weighted by atomic mass is 9.75. The van der Waals surface area contributed by atoms with E-state index in [4.69, 9.17) is 28.4 Å². The Labute approximate surface area is 404 Å². The summed E-state index contributed by atoms with van der Waals surface area (Å²) in [6, 6.07) is -1.92. The Hall–Kier alpha value is -2.66. The standard InChI is InChI=1S/C49H86N6O13/c1-15-19-50-26-49(62)32(8)65-37(22-47(49,10)63-14)67-39-29(5)41(46(9,60)21-27(3)23-51-31(7)40(57)48(11,61)36(16-2)66-42(58)30(39)6)68-43-38(56)35(20-28(4)64-43)54(12)45(59)55(13)44-52-24-34(25-53-44)33-17-18-33/h24-25,27-33,35-41,43,50-51,56-57,60-62H,15-23,26H2,1-14H3/t27-,28-,29+,30-,31-,32+,35+,36-,37+,38-,39+,40-,41-,43+,46-,47-,48-,49+/m1/s1. The molecule has 1 saturated carbocycles. The van der Waals surface area contributed by atoms with Crippen LogP contribution in [0.3, 0.4) is 0 Å². The van der Waals surface area contributed by atoms with E-state index in [0.717, 1.165) is 24.8 Å². The number of methoxy groups -OCH3 is 1. The summed E-state index contributed by atoms with van der Waals surface area (Å²) >= 11 is 0. The van der Waals surface area contributed by atoms with E-state index in [1.54, 1.807) is 75.0 Å². The van der Waals surface area contributed by atoms with Crippen LogP contribution in [0.15, 0.2) is 12.4 Å². The van der Waals surface area contributed by atoms with Crippen molar-refractivity contribution in [2.45, 2.75) is 217 Å². The summed E-state index contributed by atoms with van der Waals surface area (Å²) in [4.78, 5) is 40.2. The zero-order chi connectivity index (χ0) is 50.7. The van der Waals surface area contributed by atoms with Gasteiger partial charge in [0.25, 0.3) is 0 Å².